The lowest BCUT2D eigenvalue weighted by atomic mass is 10.0. The summed E-state index contributed by atoms with van der Waals surface area (Å²) in [5.41, 5.74) is 9.47. The number of nitrogens with two attached hydrogens (primary N) is 1. The number of carbonyl (C=O) groups excluding carboxylic acids is 1. The van der Waals surface area contributed by atoms with E-state index in [9.17, 15) is 13.6 Å². The number of nitrogens with one attached hydrogen (secondary N) is 2. The van der Waals surface area contributed by atoms with Gasteiger partial charge in [0.05, 0.1) is 28.7 Å². The summed E-state index contributed by atoms with van der Waals surface area (Å²) in [5, 5.41) is 5.85. The van der Waals surface area contributed by atoms with E-state index in [-0.39, 0.29) is 28.6 Å². The van der Waals surface area contributed by atoms with Crippen molar-refractivity contribution in [3.63, 3.8) is 0 Å². The molecule has 0 radical (unpaired) electrons. The zero-order valence-corrected chi connectivity index (χ0v) is 18.6. The van der Waals surface area contributed by atoms with Crippen LogP contribution in [0.4, 0.5) is 25.8 Å². The molecule has 1 amide bonds. The number of halogens is 2. The first kappa shape index (κ1) is 22.7. The summed E-state index contributed by atoms with van der Waals surface area (Å²) in [6.45, 7) is 5.55. The maximum Gasteiger partial charge on any atom is 0.257 e. The molecule has 1 saturated heterocycles. The zero-order chi connectivity index (χ0) is 23.5. The van der Waals surface area contributed by atoms with Gasteiger partial charge in [0.25, 0.3) is 5.91 Å². The van der Waals surface area contributed by atoms with Gasteiger partial charge in [-0.3, -0.25) is 9.79 Å². The van der Waals surface area contributed by atoms with Crippen LogP contribution in [0.15, 0.2) is 35.6 Å². The number of benzene rings is 1. The fraction of sp³-hybridized carbons (Fsp3) is 0.348. The van der Waals surface area contributed by atoms with Crippen LogP contribution in [0.1, 0.15) is 28.5 Å². The molecule has 1 unspecified atom stereocenters. The van der Waals surface area contributed by atoms with E-state index in [0.717, 1.165) is 5.69 Å². The predicted octanol–water partition coefficient (Wildman–Crippen LogP) is 2.80. The number of hydrogen-bond acceptors (Lipinski definition) is 6. The number of rotatable bonds is 6. The minimum absolute atomic E-state index is 0.190. The summed E-state index contributed by atoms with van der Waals surface area (Å²) in [7, 11) is 0. The molecule has 1 fully saturated rings. The molecule has 1 aliphatic rings. The van der Waals surface area contributed by atoms with E-state index in [1.54, 1.807) is 37.7 Å². The lowest BCUT2D eigenvalue weighted by Crippen LogP contribution is -2.52. The summed E-state index contributed by atoms with van der Waals surface area (Å²) in [4.78, 5) is 23.5. The molecule has 0 saturated carbocycles. The summed E-state index contributed by atoms with van der Waals surface area (Å²) >= 11 is 0. The smallest absolute Gasteiger partial charge is 0.257 e. The monoisotopic (exact) mass is 455 g/mol. The van der Waals surface area contributed by atoms with Crippen molar-refractivity contribution in [3.8, 4) is 0 Å². The molecule has 2 aromatic heterocycles. The standard InChI is InChI=1S/C23H27F2N7O/c1-3-27-10-18-20(31-7-6-28-16(9-24)13-31)5-4-17(21(18)26)23(33)30-15-8-19(25)22-29-14(2)11-32(22)12-15/h4-5,8,10-12,16,28H,3,6-7,9,13,26H2,1-2H3,(H,30,33). The van der Waals surface area contributed by atoms with Crippen molar-refractivity contribution in [2.75, 3.05) is 48.8 Å². The van der Waals surface area contributed by atoms with E-state index in [0.29, 0.717) is 37.4 Å². The van der Waals surface area contributed by atoms with Crippen molar-refractivity contribution in [2.24, 2.45) is 4.99 Å². The van der Waals surface area contributed by atoms with Gasteiger partial charge in [-0.2, -0.15) is 0 Å². The van der Waals surface area contributed by atoms with Gasteiger partial charge in [-0.15, -0.1) is 0 Å². The van der Waals surface area contributed by atoms with E-state index >= 15 is 0 Å². The number of anilines is 3. The largest absolute Gasteiger partial charge is 0.397 e. The van der Waals surface area contributed by atoms with Gasteiger partial charge in [0.15, 0.2) is 11.5 Å². The van der Waals surface area contributed by atoms with E-state index < -0.39 is 18.4 Å². The van der Waals surface area contributed by atoms with Crippen LogP contribution in [0.25, 0.3) is 5.65 Å². The van der Waals surface area contributed by atoms with Gasteiger partial charge in [-0.1, -0.05) is 0 Å². The number of hydrogen-bond donors (Lipinski definition) is 3. The average Bonchev–Trinajstić information content (AvgIpc) is 3.18. The van der Waals surface area contributed by atoms with Gasteiger partial charge in [-0.05, 0) is 26.0 Å². The number of amides is 1. The molecular weight excluding hydrogens is 428 g/mol. The van der Waals surface area contributed by atoms with Crippen LogP contribution >= 0.6 is 0 Å². The Bertz CT molecular complexity index is 1210. The van der Waals surface area contributed by atoms with Crippen molar-refractivity contribution in [1.82, 2.24) is 14.7 Å². The summed E-state index contributed by atoms with van der Waals surface area (Å²) < 4.78 is 29.2. The third kappa shape index (κ3) is 4.65. The second-order valence-electron chi connectivity index (χ2n) is 7.98. The molecule has 0 aliphatic carbocycles. The molecular formula is C23H27F2N7O. The van der Waals surface area contributed by atoms with Crippen molar-refractivity contribution in [2.45, 2.75) is 19.9 Å². The highest BCUT2D eigenvalue weighted by molar-refractivity contribution is 6.11. The average molecular weight is 456 g/mol. The van der Waals surface area contributed by atoms with Gasteiger partial charge in [0.1, 0.15) is 6.67 Å². The van der Waals surface area contributed by atoms with E-state index in [4.69, 9.17) is 5.73 Å². The normalized spacial score (nSPS) is 16.6. The second-order valence-corrected chi connectivity index (χ2v) is 7.98. The minimum atomic E-state index is -0.541. The summed E-state index contributed by atoms with van der Waals surface area (Å²) in [5.74, 6) is -1.01. The Labute approximate surface area is 190 Å². The molecule has 1 aromatic carbocycles. The first-order chi connectivity index (χ1) is 15.9. The van der Waals surface area contributed by atoms with Crippen molar-refractivity contribution in [3.05, 3.63) is 53.2 Å². The molecule has 4 rings (SSSR count). The van der Waals surface area contributed by atoms with E-state index in [1.165, 1.54) is 10.5 Å². The van der Waals surface area contributed by atoms with Crippen LogP contribution in [0.5, 0.6) is 0 Å². The molecule has 0 bridgehead atoms. The Hall–Kier alpha value is -3.53. The Balaban J connectivity index is 1.66. The lowest BCUT2D eigenvalue weighted by molar-refractivity contribution is 0.102. The van der Waals surface area contributed by atoms with Gasteiger partial charge < -0.3 is 25.7 Å². The molecule has 1 atom stereocenters. The molecule has 174 valence electrons. The fourth-order valence-corrected chi connectivity index (χ4v) is 4.01. The minimum Gasteiger partial charge on any atom is -0.397 e. The maximum absolute atomic E-state index is 14.4. The number of alkyl halides is 1. The molecule has 33 heavy (non-hydrogen) atoms. The van der Waals surface area contributed by atoms with E-state index in [1.807, 2.05) is 11.8 Å². The Morgan fingerprint density at radius 1 is 1.42 bits per heavy atom. The second kappa shape index (κ2) is 9.53. The molecule has 3 heterocycles. The molecule has 3 aromatic rings. The van der Waals surface area contributed by atoms with Crippen LogP contribution in [-0.4, -0.2) is 60.4 Å². The summed E-state index contributed by atoms with van der Waals surface area (Å²) in [6, 6.07) is 4.38. The van der Waals surface area contributed by atoms with Crippen LogP contribution in [0.3, 0.4) is 0 Å². The maximum atomic E-state index is 14.4. The number of pyridine rings is 1. The van der Waals surface area contributed by atoms with Crippen LogP contribution in [-0.2, 0) is 0 Å². The highest BCUT2D eigenvalue weighted by atomic mass is 19.1. The van der Waals surface area contributed by atoms with Gasteiger partial charge >= 0.3 is 0 Å². The number of nitrogen functional groups attached to an aromatic ring is 1. The number of aromatic nitrogens is 2. The Morgan fingerprint density at radius 2 is 2.24 bits per heavy atom. The third-order valence-corrected chi connectivity index (χ3v) is 5.58. The lowest BCUT2D eigenvalue weighted by Gasteiger charge is -2.35. The number of nitrogens with zero attached hydrogens (tertiary/aromatic N) is 4. The molecule has 1 aliphatic heterocycles. The summed E-state index contributed by atoms with van der Waals surface area (Å²) in [6.07, 6.45) is 4.92. The SMILES string of the molecule is CCN=Cc1c(N2CCNC(CF)C2)ccc(C(=O)Nc2cc(F)c3nc(C)cn3c2)c1N. The van der Waals surface area contributed by atoms with Crippen molar-refractivity contribution < 1.29 is 13.6 Å². The van der Waals surface area contributed by atoms with Crippen molar-refractivity contribution in [1.29, 1.82) is 0 Å². The highest BCUT2D eigenvalue weighted by Crippen LogP contribution is 2.29. The van der Waals surface area contributed by atoms with Gasteiger partial charge in [0, 0.05) is 62.1 Å². The van der Waals surface area contributed by atoms with Crippen LogP contribution in [0.2, 0.25) is 0 Å². The third-order valence-electron chi connectivity index (χ3n) is 5.58. The Kier molecular flexibility index (Phi) is 6.55. The van der Waals surface area contributed by atoms with Gasteiger partial charge in [-0.25, -0.2) is 13.8 Å². The molecule has 8 nitrogen and oxygen atoms in total. The number of carbonyl (C=O) groups is 1. The van der Waals surface area contributed by atoms with Crippen molar-refractivity contribution >= 4 is 34.8 Å². The molecule has 4 N–H and O–H groups in total. The number of imidazole rings is 1. The molecule has 10 heteroatoms. The number of aliphatic imine (C=N–C) groups is 1. The van der Waals surface area contributed by atoms with E-state index in [2.05, 4.69) is 20.6 Å². The topological polar surface area (TPSA) is 100 Å². The quantitative estimate of drug-likeness (QED) is 0.392. The van der Waals surface area contributed by atoms with Crippen LogP contribution in [0, 0.1) is 12.7 Å². The highest BCUT2D eigenvalue weighted by Gasteiger charge is 2.24. The zero-order valence-electron chi connectivity index (χ0n) is 18.6. The van der Waals surface area contributed by atoms with Gasteiger partial charge in [0.2, 0.25) is 0 Å². The fourth-order valence-electron chi connectivity index (χ4n) is 4.01. The Morgan fingerprint density at radius 3 is 3.00 bits per heavy atom. The predicted molar refractivity (Wildman–Crippen MR) is 127 cm³/mol. The molecule has 0 spiro atoms. The first-order valence-electron chi connectivity index (χ1n) is 10.8. The number of piperazine rings is 1. The number of fused-ring (bicyclic) bond motifs is 1. The first-order valence-corrected chi connectivity index (χ1v) is 10.8. The van der Waals surface area contributed by atoms with Crippen LogP contribution < -0.4 is 21.3 Å². The number of aryl methyl sites for hydroxylation is 1.